The number of aryl methyl sites for hydroxylation is 1. The summed E-state index contributed by atoms with van der Waals surface area (Å²) in [6.07, 6.45) is 5.78. The molecule has 24 heavy (non-hydrogen) atoms. The van der Waals surface area contributed by atoms with Crippen molar-refractivity contribution < 1.29 is 14.4 Å². The first-order chi connectivity index (χ1) is 11.6. The van der Waals surface area contributed by atoms with Crippen molar-refractivity contribution in [1.29, 1.82) is 0 Å². The fraction of sp³-hybridized carbons (Fsp3) is 0.824. The van der Waals surface area contributed by atoms with Gasteiger partial charge < -0.3 is 14.5 Å². The molecule has 1 aliphatic carbocycles. The Morgan fingerprint density at radius 1 is 1.21 bits per heavy atom. The van der Waals surface area contributed by atoms with E-state index in [1.54, 1.807) is 0 Å². The highest BCUT2D eigenvalue weighted by atomic mass is 16.5. The quantitative estimate of drug-likeness (QED) is 0.874. The number of carbonyl (C=O) groups excluding carboxylic acids is 1. The van der Waals surface area contributed by atoms with E-state index in [4.69, 9.17) is 4.52 Å². The number of nitrogens with zero attached hydrogens (tertiary/aromatic N) is 4. The lowest BCUT2D eigenvalue weighted by Gasteiger charge is -2.37. The summed E-state index contributed by atoms with van der Waals surface area (Å²) in [5, 5.41) is 14.5. The van der Waals surface area contributed by atoms with E-state index in [0.29, 0.717) is 31.3 Å². The second-order valence-corrected chi connectivity index (χ2v) is 7.08. The highest BCUT2D eigenvalue weighted by molar-refractivity contribution is 5.77. The van der Waals surface area contributed by atoms with Crippen LogP contribution in [0.5, 0.6) is 0 Å². The van der Waals surface area contributed by atoms with Crippen molar-refractivity contribution >= 4 is 5.91 Å². The van der Waals surface area contributed by atoms with Gasteiger partial charge in [0.2, 0.25) is 11.8 Å². The molecule has 2 aliphatic rings. The van der Waals surface area contributed by atoms with Crippen molar-refractivity contribution in [2.24, 2.45) is 0 Å². The maximum Gasteiger partial charge on any atom is 0.226 e. The molecule has 7 heteroatoms. The number of piperazine rings is 1. The zero-order valence-corrected chi connectivity index (χ0v) is 14.5. The Labute approximate surface area is 143 Å². The van der Waals surface area contributed by atoms with E-state index in [1.165, 1.54) is 6.42 Å². The Balaban J connectivity index is 1.45. The predicted octanol–water partition coefficient (Wildman–Crippen LogP) is 1.36. The summed E-state index contributed by atoms with van der Waals surface area (Å²) in [6.45, 7) is 5.67. The van der Waals surface area contributed by atoms with E-state index in [1.807, 2.05) is 11.8 Å². The van der Waals surface area contributed by atoms with Crippen LogP contribution in [-0.2, 0) is 17.8 Å². The van der Waals surface area contributed by atoms with Gasteiger partial charge in [0.15, 0.2) is 5.82 Å². The standard InChI is InChI=1S/C17H28N4O3/c1-2-15-18-14(19-24-15)13-20-8-10-21(11-9-20)16(22)12-17(23)6-4-3-5-7-17/h23H,2-13H2,1H3. The third-order valence-electron chi connectivity index (χ3n) is 5.17. The van der Waals surface area contributed by atoms with E-state index < -0.39 is 5.60 Å². The summed E-state index contributed by atoms with van der Waals surface area (Å²) >= 11 is 0. The smallest absolute Gasteiger partial charge is 0.226 e. The second kappa shape index (κ2) is 7.61. The van der Waals surface area contributed by atoms with Crippen LogP contribution in [0.4, 0.5) is 0 Å². The molecule has 0 spiro atoms. The molecular weight excluding hydrogens is 308 g/mol. The molecule has 1 aromatic rings. The predicted molar refractivity (Wildman–Crippen MR) is 88.2 cm³/mol. The lowest BCUT2D eigenvalue weighted by molar-refractivity contribution is -0.139. The third-order valence-corrected chi connectivity index (χ3v) is 5.17. The normalized spacial score (nSPS) is 21.8. The molecule has 2 heterocycles. The lowest BCUT2D eigenvalue weighted by atomic mass is 9.82. The maximum atomic E-state index is 12.5. The molecule has 0 unspecified atom stereocenters. The first-order valence-corrected chi connectivity index (χ1v) is 9.12. The summed E-state index contributed by atoms with van der Waals surface area (Å²) in [4.78, 5) is 20.9. The molecule has 134 valence electrons. The molecule has 0 atom stereocenters. The third kappa shape index (κ3) is 4.33. The van der Waals surface area contributed by atoms with Gasteiger partial charge in [-0.25, -0.2) is 0 Å². The lowest BCUT2D eigenvalue weighted by Crippen LogP contribution is -2.50. The van der Waals surface area contributed by atoms with E-state index in [0.717, 1.165) is 45.2 Å². The Morgan fingerprint density at radius 3 is 2.54 bits per heavy atom. The van der Waals surface area contributed by atoms with Crippen LogP contribution in [0.2, 0.25) is 0 Å². The van der Waals surface area contributed by atoms with Crippen LogP contribution in [0, 0.1) is 0 Å². The first-order valence-electron chi connectivity index (χ1n) is 9.12. The van der Waals surface area contributed by atoms with E-state index in [-0.39, 0.29) is 12.3 Å². The first kappa shape index (κ1) is 17.4. The van der Waals surface area contributed by atoms with Gasteiger partial charge in [0, 0.05) is 32.6 Å². The number of hydrogen-bond acceptors (Lipinski definition) is 6. The molecule has 1 saturated heterocycles. The topological polar surface area (TPSA) is 82.7 Å². The fourth-order valence-electron chi connectivity index (χ4n) is 3.63. The Bertz CT molecular complexity index is 546. The molecule has 1 N–H and O–H groups in total. The van der Waals surface area contributed by atoms with Crippen LogP contribution in [-0.4, -0.2) is 62.7 Å². The summed E-state index contributed by atoms with van der Waals surface area (Å²) < 4.78 is 5.13. The van der Waals surface area contributed by atoms with Gasteiger partial charge in [-0.3, -0.25) is 9.69 Å². The van der Waals surface area contributed by atoms with Crippen LogP contribution in [0.15, 0.2) is 4.52 Å². The number of aromatic nitrogens is 2. The van der Waals surface area contributed by atoms with Gasteiger partial charge in [-0.2, -0.15) is 4.98 Å². The highest BCUT2D eigenvalue weighted by Crippen LogP contribution is 2.31. The number of amides is 1. The molecule has 0 bridgehead atoms. The van der Waals surface area contributed by atoms with E-state index in [2.05, 4.69) is 15.0 Å². The van der Waals surface area contributed by atoms with Gasteiger partial charge in [-0.05, 0) is 12.8 Å². The average Bonchev–Trinajstić information content (AvgIpc) is 3.03. The molecule has 1 aliphatic heterocycles. The minimum absolute atomic E-state index is 0.0897. The molecule has 0 aromatic carbocycles. The van der Waals surface area contributed by atoms with Gasteiger partial charge in [0.25, 0.3) is 0 Å². The summed E-state index contributed by atoms with van der Waals surface area (Å²) in [7, 11) is 0. The Hall–Kier alpha value is -1.47. The molecule has 1 amide bonds. The summed E-state index contributed by atoms with van der Waals surface area (Å²) in [6, 6.07) is 0. The van der Waals surface area contributed by atoms with Crippen LogP contribution < -0.4 is 0 Å². The molecule has 2 fully saturated rings. The number of carbonyl (C=O) groups is 1. The minimum atomic E-state index is -0.770. The van der Waals surface area contributed by atoms with Crippen LogP contribution in [0.1, 0.15) is 57.2 Å². The SMILES string of the molecule is CCc1nc(CN2CCN(C(=O)CC3(O)CCCCC3)CC2)no1. The van der Waals surface area contributed by atoms with Crippen LogP contribution in [0.3, 0.4) is 0 Å². The van der Waals surface area contributed by atoms with Crippen molar-refractivity contribution in [3.63, 3.8) is 0 Å². The molecule has 0 radical (unpaired) electrons. The van der Waals surface area contributed by atoms with Gasteiger partial charge >= 0.3 is 0 Å². The molecule has 3 rings (SSSR count). The number of aliphatic hydroxyl groups is 1. The van der Waals surface area contributed by atoms with Crippen LogP contribution >= 0.6 is 0 Å². The average molecular weight is 336 g/mol. The van der Waals surface area contributed by atoms with Crippen molar-refractivity contribution in [3.05, 3.63) is 11.7 Å². The van der Waals surface area contributed by atoms with Crippen molar-refractivity contribution in [2.45, 2.75) is 64.0 Å². The molecule has 7 nitrogen and oxygen atoms in total. The molecular formula is C17H28N4O3. The van der Waals surface area contributed by atoms with Crippen molar-refractivity contribution in [1.82, 2.24) is 19.9 Å². The van der Waals surface area contributed by atoms with Gasteiger partial charge in [-0.1, -0.05) is 31.3 Å². The second-order valence-electron chi connectivity index (χ2n) is 7.08. The number of hydrogen-bond donors (Lipinski definition) is 1. The van der Waals surface area contributed by atoms with Gasteiger partial charge in [0.05, 0.1) is 18.6 Å². The largest absolute Gasteiger partial charge is 0.389 e. The maximum absolute atomic E-state index is 12.5. The highest BCUT2D eigenvalue weighted by Gasteiger charge is 2.34. The van der Waals surface area contributed by atoms with Crippen molar-refractivity contribution in [3.8, 4) is 0 Å². The Morgan fingerprint density at radius 2 is 1.92 bits per heavy atom. The monoisotopic (exact) mass is 336 g/mol. The number of rotatable bonds is 5. The van der Waals surface area contributed by atoms with Crippen LogP contribution in [0.25, 0.3) is 0 Å². The van der Waals surface area contributed by atoms with Gasteiger partial charge in [0.1, 0.15) is 0 Å². The summed E-state index contributed by atoms with van der Waals surface area (Å²) in [5.41, 5.74) is -0.770. The molecule has 1 saturated carbocycles. The fourth-order valence-corrected chi connectivity index (χ4v) is 3.63. The van der Waals surface area contributed by atoms with Gasteiger partial charge in [-0.15, -0.1) is 0 Å². The van der Waals surface area contributed by atoms with E-state index in [9.17, 15) is 9.90 Å². The molecule has 1 aromatic heterocycles. The van der Waals surface area contributed by atoms with E-state index >= 15 is 0 Å². The zero-order valence-electron chi connectivity index (χ0n) is 14.5. The zero-order chi connectivity index (χ0) is 17.0. The Kier molecular flexibility index (Phi) is 5.50. The minimum Gasteiger partial charge on any atom is -0.389 e. The summed E-state index contributed by atoms with van der Waals surface area (Å²) in [5.74, 6) is 1.47. The van der Waals surface area contributed by atoms with Crippen molar-refractivity contribution in [2.75, 3.05) is 26.2 Å².